The highest BCUT2D eigenvalue weighted by Gasteiger charge is 3.00. The van der Waals surface area contributed by atoms with E-state index in [1.165, 1.54) is 17.6 Å². The molecule has 1 aromatic carbocycles. The summed E-state index contributed by atoms with van der Waals surface area (Å²) in [7, 11) is 1.65. The third-order valence-corrected chi connectivity index (χ3v) is 9.08. The molecule has 5 atom stereocenters. The van der Waals surface area contributed by atoms with Gasteiger partial charge in [0.1, 0.15) is 5.37 Å². The maximum Gasteiger partial charge on any atom is 0.259 e. The molecule has 5 aliphatic rings. The zero-order valence-corrected chi connectivity index (χ0v) is 15.5. The van der Waals surface area contributed by atoms with Crippen molar-refractivity contribution in [3.63, 3.8) is 0 Å². The molecule has 3 aliphatic carbocycles. The van der Waals surface area contributed by atoms with Crippen molar-refractivity contribution < 1.29 is 9.53 Å². The minimum Gasteiger partial charge on any atom is -0.368 e. The highest BCUT2D eigenvalue weighted by Crippen LogP contribution is 2.99. The normalized spacial score (nSPS) is 44.3. The fraction of sp³-hybridized carbons (Fsp3) is 0.409. The minimum atomic E-state index is -0.303. The number of allylic oxidation sites excluding steroid dienone is 4. The second-order valence-corrected chi connectivity index (χ2v) is 9.32. The van der Waals surface area contributed by atoms with Crippen LogP contribution >= 0.6 is 11.8 Å². The van der Waals surface area contributed by atoms with Crippen LogP contribution < -0.4 is 0 Å². The molecular formula is C22H21NO2S. The second kappa shape index (κ2) is 4.73. The van der Waals surface area contributed by atoms with E-state index in [1.807, 2.05) is 22.9 Å². The number of β-lactam (4-membered cyclic amide) rings is 1. The zero-order chi connectivity index (χ0) is 17.6. The van der Waals surface area contributed by atoms with Crippen molar-refractivity contribution in [2.45, 2.75) is 40.9 Å². The lowest BCUT2D eigenvalue weighted by Crippen LogP contribution is -2.64. The first-order chi connectivity index (χ1) is 12.7. The number of amides is 1. The van der Waals surface area contributed by atoms with Crippen molar-refractivity contribution in [1.82, 2.24) is 4.90 Å². The van der Waals surface area contributed by atoms with E-state index in [0.29, 0.717) is 0 Å². The largest absolute Gasteiger partial charge is 0.368 e. The van der Waals surface area contributed by atoms with Gasteiger partial charge in [0.15, 0.2) is 6.10 Å². The first-order valence-electron chi connectivity index (χ1n) is 9.37. The van der Waals surface area contributed by atoms with Crippen LogP contribution in [0.5, 0.6) is 0 Å². The lowest BCUT2D eigenvalue weighted by Gasteiger charge is -2.49. The molecule has 3 fully saturated rings. The predicted octanol–water partition coefficient (Wildman–Crippen LogP) is 3.79. The number of methoxy groups -OCH3 is 1. The van der Waals surface area contributed by atoms with Crippen LogP contribution in [0.3, 0.4) is 0 Å². The number of nitrogens with zero attached hydrogens (tertiary/aromatic N) is 1. The van der Waals surface area contributed by atoms with Gasteiger partial charge in [-0.25, -0.2) is 0 Å². The van der Waals surface area contributed by atoms with Crippen LogP contribution in [-0.2, 0) is 14.9 Å². The Labute approximate surface area is 157 Å². The Morgan fingerprint density at radius 3 is 2.77 bits per heavy atom. The predicted molar refractivity (Wildman–Crippen MR) is 103 cm³/mol. The van der Waals surface area contributed by atoms with Gasteiger partial charge in [-0.05, 0) is 30.4 Å². The van der Waals surface area contributed by atoms with Gasteiger partial charge in [-0.2, -0.15) is 0 Å². The lowest BCUT2D eigenvalue weighted by molar-refractivity contribution is -0.157. The van der Waals surface area contributed by atoms with Crippen LogP contribution in [0, 0.1) is 5.41 Å². The van der Waals surface area contributed by atoms with Crippen molar-refractivity contribution in [2.24, 2.45) is 5.41 Å². The summed E-state index contributed by atoms with van der Waals surface area (Å²) in [5.41, 5.74) is 3.28. The first kappa shape index (κ1) is 15.3. The van der Waals surface area contributed by atoms with E-state index >= 15 is 0 Å². The second-order valence-electron chi connectivity index (χ2n) is 7.95. The number of carbonyl (C=O) groups is 1. The third-order valence-electron chi connectivity index (χ3n) is 7.16. The molecule has 6 rings (SSSR count). The molecule has 26 heavy (non-hydrogen) atoms. The molecule has 3 unspecified atom stereocenters. The van der Waals surface area contributed by atoms with E-state index in [0.717, 1.165) is 12.8 Å². The van der Waals surface area contributed by atoms with Crippen LogP contribution in [0.25, 0.3) is 0 Å². The molecule has 0 bridgehead atoms. The summed E-state index contributed by atoms with van der Waals surface area (Å²) >= 11 is 1.95. The van der Waals surface area contributed by atoms with Gasteiger partial charge >= 0.3 is 0 Å². The van der Waals surface area contributed by atoms with E-state index in [2.05, 4.69) is 54.6 Å². The lowest BCUT2D eigenvalue weighted by atomic mass is 9.90. The average molecular weight is 363 g/mol. The van der Waals surface area contributed by atoms with Gasteiger partial charge in [-0.1, -0.05) is 54.6 Å². The van der Waals surface area contributed by atoms with Gasteiger partial charge in [0.25, 0.3) is 5.91 Å². The molecule has 1 amide bonds. The summed E-state index contributed by atoms with van der Waals surface area (Å²) < 4.78 is 5.53. The monoisotopic (exact) mass is 363 g/mol. The topological polar surface area (TPSA) is 29.5 Å². The minimum absolute atomic E-state index is 0.0491. The van der Waals surface area contributed by atoms with Crippen LogP contribution in [-0.4, -0.2) is 34.1 Å². The Bertz CT molecular complexity index is 906. The number of hydrogen-bond acceptors (Lipinski definition) is 3. The maximum atomic E-state index is 12.2. The number of carbonyl (C=O) groups excluding carboxylic acids is 1. The highest BCUT2D eigenvalue weighted by atomic mass is 32.2. The Hall–Kier alpha value is -1.78. The standard InChI is InChI=1S/C22H21NO2S/c1-25-17-18(24)23-13-12-22(26-19(17)23)20(15-8-4-2-5-9-15)14-21(20,22)16-10-6-3-7-11-16/h2,4-6,8-13,17,19H,3,7,14H2,1H3/t17-,19-,20?,21?,22?/m0/s1. The average Bonchev–Trinajstić information content (AvgIpc) is 3.54. The summed E-state index contributed by atoms with van der Waals surface area (Å²) in [6, 6.07) is 11.0. The van der Waals surface area contributed by atoms with E-state index in [9.17, 15) is 4.79 Å². The van der Waals surface area contributed by atoms with Gasteiger partial charge in [-0.15, -0.1) is 11.8 Å². The van der Waals surface area contributed by atoms with E-state index in [-0.39, 0.29) is 33.0 Å². The number of fused-ring (bicyclic) bond motifs is 4. The quantitative estimate of drug-likeness (QED) is 0.766. The van der Waals surface area contributed by atoms with Crippen molar-refractivity contribution in [2.75, 3.05) is 7.11 Å². The molecule has 132 valence electrons. The Kier molecular flexibility index (Phi) is 2.78. The molecule has 2 saturated carbocycles. The molecule has 0 N–H and O–H groups in total. The van der Waals surface area contributed by atoms with Crippen LogP contribution in [0.15, 0.2) is 66.4 Å². The smallest absolute Gasteiger partial charge is 0.259 e. The molecule has 3 nitrogen and oxygen atoms in total. The van der Waals surface area contributed by atoms with Crippen molar-refractivity contribution >= 4 is 17.7 Å². The fourth-order valence-corrected chi connectivity index (χ4v) is 8.07. The van der Waals surface area contributed by atoms with Crippen molar-refractivity contribution in [3.8, 4) is 0 Å². The van der Waals surface area contributed by atoms with Crippen molar-refractivity contribution in [3.05, 3.63) is 72.0 Å². The first-order valence-corrected chi connectivity index (χ1v) is 10.2. The molecule has 1 aromatic rings. The fourth-order valence-electron chi connectivity index (χ4n) is 5.83. The SMILES string of the molecule is CO[C@H]1C(=O)N2C=CC3(S[C@@H]12)C1(C2=CCCC=C2)CC31c1ccccc1. The molecule has 4 heteroatoms. The zero-order valence-electron chi connectivity index (χ0n) is 14.7. The van der Waals surface area contributed by atoms with Crippen molar-refractivity contribution in [1.29, 1.82) is 0 Å². The maximum absolute atomic E-state index is 12.2. The van der Waals surface area contributed by atoms with E-state index < -0.39 is 0 Å². The summed E-state index contributed by atoms with van der Waals surface area (Å²) in [6.45, 7) is 0. The Morgan fingerprint density at radius 1 is 1.19 bits per heavy atom. The van der Waals surface area contributed by atoms with Gasteiger partial charge in [-0.3, -0.25) is 4.79 Å². The molecule has 0 radical (unpaired) electrons. The van der Waals surface area contributed by atoms with Gasteiger partial charge in [0.2, 0.25) is 0 Å². The number of benzene rings is 1. The summed E-state index contributed by atoms with van der Waals surface area (Å²) in [6.07, 6.45) is 14.6. The molecule has 1 spiro atoms. The molecular weight excluding hydrogens is 342 g/mol. The van der Waals surface area contributed by atoms with Gasteiger partial charge in [0.05, 0.1) is 4.75 Å². The number of ether oxygens (including phenoxy) is 1. The molecule has 0 aromatic heterocycles. The third kappa shape index (κ3) is 1.41. The van der Waals surface area contributed by atoms with Crippen LogP contribution in [0.4, 0.5) is 0 Å². The molecule has 2 aliphatic heterocycles. The van der Waals surface area contributed by atoms with Gasteiger partial charge < -0.3 is 9.64 Å². The molecule has 1 saturated heterocycles. The van der Waals surface area contributed by atoms with Gasteiger partial charge in [0, 0.05) is 24.1 Å². The summed E-state index contributed by atoms with van der Waals surface area (Å²) in [5.74, 6) is 0.0880. The van der Waals surface area contributed by atoms with Crippen LogP contribution in [0.2, 0.25) is 0 Å². The molecule has 2 heterocycles. The number of thioether (sulfide) groups is 1. The van der Waals surface area contributed by atoms with Crippen LogP contribution in [0.1, 0.15) is 24.8 Å². The summed E-state index contributed by atoms with van der Waals surface area (Å²) in [4.78, 5) is 14.0. The van der Waals surface area contributed by atoms with E-state index in [4.69, 9.17) is 4.74 Å². The Morgan fingerprint density at radius 2 is 2.04 bits per heavy atom. The highest BCUT2D eigenvalue weighted by molar-refractivity contribution is 8.02. The van der Waals surface area contributed by atoms with E-state index in [1.54, 1.807) is 7.11 Å². The number of rotatable bonds is 3. The number of hydrogen-bond donors (Lipinski definition) is 0. The Balaban J connectivity index is 1.47. The summed E-state index contributed by atoms with van der Waals surface area (Å²) in [5, 5.41) is 0.107.